The van der Waals surface area contributed by atoms with Crippen LogP contribution < -0.4 is 0 Å². The summed E-state index contributed by atoms with van der Waals surface area (Å²) in [6, 6.07) is 0. The van der Waals surface area contributed by atoms with Crippen molar-refractivity contribution in [2.75, 3.05) is 6.16 Å². The van der Waals surface area contributed by atoms with Crippen LogP contribution in [0.5, 0.6) is 0 Å². The van der Waals surface area contributed by atoms with E-state index in [1.54, 1.807) is 25.4 Å². The number of hydrogen-bond donors (Lipinski definition) is 0. The highest BCUT2D eigenvalue weighted by Gasteiger charge is 2.21. The van der Waals surface area contributed by atoms with Gasteiger partial charge in [-0.25, -0.2) is 0 Å². The minimum absolute atomic E-state index is 1.11. The third-order valence-electron chi connectivity index (χ3n) is 6.23. The van der Waals surface area contributed by atoms with Crippen LogP contribution in [-0.2, 0) is 0 Å². The highest BCUT2D eigenvalue weighted by Crippen LogP contribution is 2.38. The van der Waals surface area contributed by atoms with E-state index < -0.39 is 0 Å². The molecule has 0 aromatic rings. The summed E-state index contributed by atoms with van der Waals surface area (Å²) >= 11 is 0. The van der Waals surface area contributed by atoms with Crippen LogP contribution in [0.3, 0.4) is 0 Å². The lowest BCUT2D eigenvalue weighted by atomic mass is 9.90. The Morgan fingerprint density at radius 3 is 1.54 bits per heavy atom. The van der Waals surface area contributed by atoms with E-state index in [0.29, 0.717) is 0 Å². The summed E-state index contributed by atoms with van der Waals surface area (Å²) in [5.74, 6) is 1.11. The van der Waals surface area contributed by atoms with Crippen molar-refractivity contribution in [3.05, 3.63) is 12.2 Å². The maximum absolute atomic E-state index is 2.27. The van der Waals surface area contributed by atoms with Gasteiger partial charge in [0.15, 0.2) is 0 Å². The second kappa shape index (κ2) is 14.4. The molecule has 1 aliphatic heterocycles. The van der Waals surface area contributed by atoms with E-state index in [1.165, 1.54) is 105 Å². The molecule has 24 heavy (non-hydrogen) atoms. The van der Waals surface area contributed by atoms with Crippen molar-refractivity contribution < 1.29 is 0 Å². The molecule has 3 rings (SSSR count). The first-order valence-corrected chi connectivity index (χ1v) is 12.6. The zero-order valence-electron chi connectivity index (χ0n) is 16.2. The molecular weight excluding hydrogens is 307 g/mol. The molecule has 1 heterocycles. The molecule has 0 radical (unpaired) electrons. The number of hydrogen-bond acceptors (Lipinski definition) is 0. The van der Waals surface area contributed by atoms with Gasteiger partial charge in [-0.3, -0.25) is 0 Å². The second-order valence-electron chi connectivity index (χ2n) is 8.33. The van der Waals surface area contributed by atoms with Gasteiger partial charge in [0, 0.05) is 0 Å². The first-order chi connectivity index (χ1) is 12.0. The largest absolute Gasteiger partial charge is 0.119 e. The van der Waals surface area contributed by atoms with Crippen molar-refractivity contribution in [3.63, 3.8) is 0 Å². The van der Waals surface area contributed by atoms with Gasteiger partial charge in [-0.1, -0.05) is 76.4 Å². The second-order valence-corrected chi connectivity index (χ2v) is 9.98. The summed E-state index contributed by atoms with van der Waals surface area (Å²) in [6.45, 7) is 0. The van der Waals surface area contributed by atoms with Crippen molar-refractivity contribution >= 4 is 8.58 Å². The minimum Gasteiger partial charge on any atom is -0.119 e. The summed E-state index contributed by atoms with van der Waals surface area (Å²) in [7, 11) is 1.30. The Morgan fingerprint density at radius 1 is 0.500 bits per heavy atom. The average molecular weight is 351 g/mol. The van der Waals surface area contributed by atoms with E-state index in [-0.39, 0.29) is 0 Å². The van der Waals surface area contributed by atoms with Crippen LogP contribution in [0, 0.1) is 5.92 Å². The maximum Gasteiger partial charge on any atom is -0.0208 e. The van der Waals surface area contributed by atoms with Crippen LogP contribution in [0.1, 0.15) is 116 Å². The number of allylic oxidation sites excluding steroid dienone is 2. The molecule has 0 amide bonds. The molecule has 0 N–H and O–H groups in total. The van der Waals surface area contributed by atoms with Gasteiger partial charge in [-0.05, 0) is 69.1 Å². The first-order valence-electron chi connectivity index (χ1n) is 11.4. The van der Waals surface area contributed by atoms with E-state index in [0.717, 1.165) is 11.6 Å². The standard InChI is InChI=1S/C17H33P.C6H10/c1-2-5-9-13-16(12-8-4-1)17-14-10-6-3-7-11-15-18-17;1-2-4-6-5-3-1/h16-18H,1-15H2;1-2H,3-6H2. The lowest BCUT2D eigenvalue weighted by Crippen LogP contribution is -2.17. The van der Waals surface area contributed by atoms with Crippen molar-refractivity contribution in [3.8, 4) is 0 Å². The summed E-state index contributed by atoms with van der Waals surface area (Å²) in [5.41, 5.74) is 1.13. The Kier molecular flexibility index (Phi) is 12.2. The lowest BCUT2D eigenvalue weighted by molar-refractivity contribution is 0.392. The molecule has 1 saturated carbocycles. The van der Waals surface area contributed by atoms with Crippen LogP contribution in [-0.4, -0.2) is 11.8 Å². The Hall–Kier alpha value is 0.170. The quantitative estimate of drug-likeness (QED) is 0.330. The van der Waals surface area contributed by atoms with Gasteiger partial charge in [0.05, 0.1) is 0 Å². The van der Waals surface area contributed by atoms with E-state index >= 15 is 0 Å². The molecule has 0 aromatic heterocycles. The molecule has 1 saturated heterocycles. The van der Waals surface area contributed by atoms with Crippen LogP contribution in [0.2, 0.25) is 0 Å². The average Bonchev–Trinajstić information content (AvgIpc) is 2.86. The van der Waals surface area contributed by atoms with Gasteiger partial charge in [0.2, 0.25) is 0 Å². The molecule has 2 fully saturated rings. The Morgan fingerprint density at radius 2 is 1.00 bits per heavy atom. The topological polar surface area (TPSA) is 0 Å². The SMILES string of the molecule is C1=CCCCC1.C1CCCCC(C2CCCCCCCP2)CCC1. The summed E-state index contributed by atoms with van der Waals surface area (Å²) < 4.78 is 0. The van der Waals surface area contributed by atoms with Crippen molar-refractivity contribution in [1.82, 2.24) is 0 Å². The third-order valence-corrected chi connectivity index (χ3v) is 8.15. The fourth-order valence-corrected chi connectivity index (χ4v) is 6.54. The van der Waals surface area contributed by atoms with Crippen LogP contribution >= 0.6 is 8.58 Å². The number of rotatable bonds is 1. The molecule has 2 unspecified atom stereocenters. The Labute approximate surface area is 154 Å². The van der Waals surface area contributed by atoms with Gasteiger partial charge in [0.25, 0.3) is 0 Å². The normalized spacial score (nSPS) is 29.1. The van der Waals surface area contributed by atoms with Crippen LogP contribution in [0.25, 0.3) is 0 Å². The third kappa shape index (κ3) is 9.60. The molecule has 2 atom stereocenters. The molecule has 2 aliphatic carbocycles. The summed E-state index contributed by atoms with van der Waals surface area (Å²) in [5, 5.41) is 0. The van der Waals surface area contributed by atoms with E-state index in [4.69, 9.17) is 0 Å². The van der Waals surface area contributed by atoms with Crippen LogP contribution in [0.4, 0.5) is 0 Å². The fraction of sp³-hybridized carbons (Fsp3) is 0.913. The molecule has 0 spiro atoms. The zero-order chi connectivity index (χ0) is 16.7. The smallest absolute Gasteiger partial charge is 0.0208 e. The molecule has 0 nitrogen and oxygen atoms in total. The van der Waals surface area contributed by atoms with Crippen molar-refractivity contribution in [1.29, 1.82) is 0 Å². The molecular formula is C23H43P. The van der Waals surface area contributed by atoms with Crippen molar-refractivity contribution in [2.24, 2.45) is 5.92 Å². The molecule has 1 heteroatoms. The lowest BCUT2D eigenvalue weighted by Gasteiger charge is -2.27. The summed E-state index contributed by atoms with van der Waals surface area (Å²) in [4.78, 5) is 0. The first kappa shape index (κ1) is 20.5. The van der Waals surface area contributed by atoms with Gasteiger partial charge in [0.1, 0.15) is 0 Å². The van der Waals surface area contributed by atoms with Gasteiger partial charge >= 0.3 is 0 Å². The monoisotopic (exact) mass is 350 g/mol. The van der Waals surface area contributed by atoms with E-state index in [2.05, 4.69) is 12.2 Å². The van der Waals surface area contributed by atoms with Gasteiger partial charge < -0.3 is 0 Å². The Bertz CT molecular complexity index is 259. The van der Waals surface area contributed by atoms with Crippen molar-refractivity contribution in [2.45, 2.75) is 121 Å². The predicted molar refractivity (Wildman–Crippen MR) is 113 cm³/mol. The molecule has 0 aromatic carbocycles. The maximum atomic E-state index is 2.27. The molecule has 3 aliphatic rings. The predicted octanol–water partition coefficient (Wildman–Crippen LogP) is 8.25. The fourth-order valence-electron chi connectivity index (χ4n) is 4.64. The molecule has 0 bridgehead atoms. The van der Waals surface area contributed by atoms with Gasteiger partial charge in [-0.2, -0.15) is 0 Å². The highest BCUT2D eigenvalue weighted by atomic mass is 31.1. The Balaban J connectivity index is 0.000000292. The van der Waals surface area contributed by atoms with E-state index in [1.807, 2.05) is 0 Å². The van der Waals surface area contributed by atoms with Crippen LogP contribution in [0.15, 0.2) is 12.2 Å². The van der Waals surface area contributed by atoms with E-state index in [9.17, 15) is 0 Å². The van der Waals surface area contributed by atoms with Gasteiger partial charge in [-0.15, -0.1) is 8.58 Å². The molecule has 140 valence electrons. The minimum atomic E-state index is 1.11. The summed E-state index contributed by atoms with van der Waals surface area (Å²) in [6.07, 6.45) is 33.0. The zero-order valence-corrected chi connectivity index (χ0v) is 17.2. The highest BCUT2D eigenvalue weighted by molar-refractivity contribution is 7.38.